The molecule has 0 heterocycles. The summed E-state index contributed by atoms with van der Waals surface area (Å²) >= 11 is 0. The second kappa shape index (κ2) is 9.08. The zero-order chi connectivity index (χ0) is 17.4. The predicted molar refractivity (Wildman–Crippen MR) is 95.0 cm³/mol. The zero-order valence-corrected chi connectivity index (χ0v) is 14.6. The fourth-order valence-electron chi connectivity index (χ4n) is 2.47. The molecule has 0 bridgehead atoms. The first-order valence-electron chi connectivity index (χ1n) is 8.14. The van der Waals surface area contributed by atoms with Crippen molar-refractivity contribution in [3.05, 3.63) is 65.7 Å². The quantitative estimate of drug-likeness (QED) is 0.696. The summed E-state index contributed by atoms with van der Waals surface area (Å²) in [6, 6.07) is 17.8. The fraction of sp³-hybridized carbons (Fsp3) is 0.350. The van der Waals surface area contributed by atoms with Gasteiger partial charge in [-0.1, -0.05) is 48.0 Å². The van der Waals surface area contributed by atoms with Gasteiger partial charge in [-0.15, -0.1) is 0 Å². The summed E-state index contributed by atoms with van der Waals surface area (Å²) < 4.78 is 10.8. The van der Waals surface area contributed by atoms with Crippen LogP contribution in [-0.4, -0.2) is 37.2 Å². The molecule has 4 nitrogen and oxygen atoms in total. The van der Waals surface area contributed by atoms with E-state index in [1.54, 1.807) is 0 Å². The second-order valence-electron chi connectivity index (χ2n) is 6.08. The maximum absolute atomic E-state index is 11.9. The number of likely N-dealkylation sites (N-methyl/N-ethyl adjacent to an activating group) is 1. The van der Waals surface area contributed by atoms with E-state index in [-0.39, 0.29) is 18.7 Å². The van der Waals surface area contributed by atoms with Crippen LogP contribution in [0.25, 0.3) is 0 Å². The Morgan fingerprint density at radius 1 is 1.08 bits per heavy atom. The largest absolute Gasteiger partial charge is 0.482 e. The number of ether oxygens (including phenoxy) is 2. The van der Waals surface area contributed by atoms with Gasteiger partial charge in [0.2, 0.25) is 0 Å². The number of hydrogen-bond acceptors (Lipinski definition) is 4. The van der Waals surface area contributed by atoms with Crippen LogP contribution in [0.3, 0.4) is 0 Å². The van der Waals surface area contributed by atoms with E-state index in [2.05, 4.69) is 17.0 Å². The predicted octanol–water partition coefficient (Wildman–Crippen LogP) is 3.44. The Balaban J connectivity index is 1.70. The monoisotopic (exact) mass is 327 g/mol. The number of rotatable bonds is 8. The minimum absolute atomic E-state index is 0.0736. The molecule has 0 saturated heterocycles. The lowest BCUT2D eigenvalue weighted by atomic mass is 10.2. The first-order valence-corrected chi connectivity index (χ1v) is 8.14. The minimum atomic E-state index is -0.351. The fourth-order valence-corrected chi connectivity index (χ4v) is 2.47. The van der Waals surface area contributed by atoms with Crippen molar-refractivity contribution in [3.8, 4) is 5.75 Å². The van der Waals surface area contributed by atoms with Crippen LogP contribution >= 0.6 is 0 Å². The van der Waals surface area contributed by atoms with Gasteiger partial charge in [-0.25, -0.2) is 4.79 Å². The molecule has 0 saturated carbocycles. The molecule has 0 fully saturated rings. The highest BCUT2D eigenvalue weighted by molar-refractivity contribution is 5.71. The Kier molecular flexibility index (Phi) is 6.82. The highest BCUT2D eigenvalue weighted by Gasteiger charge is 2.13. The third-order valence-electron chi connectivity index (χ3n) is 3.57. The summed E-state index contributed by atoms with van der Waals surface area (Å²) in [6.07, 6.45) is -0.187. The topological polar surface area (TPSA) is 38.8 Å². The van der Waals surface area contributed by atoms with Gasteiger partial charge in [0.05, 0.1) is 0 Å². The second-order valence-corrected chi connectivity index (χ2v) is 6.08. The van der Waals surface area contributed by atoms with Gasteiger partial charge >= 0.3 is 5.97 Å². The number of carbonyl (C=O) groups is 1. The molecule has 24 heavy (non-hydrogen) atoms. The molecule has 128 valence electrons. The Morgan fingerprint density at radius 2 is 1.75 bits per heavy atom. The summed E-state index contributed by atoms with van der Waals surface area (Å²) in [5, 5.41) is 0. The summed E-state index contributed by atoms with van der Waals surface area (Å²) in [6.45, 7) is 5.32. The molecule has 2 rings (SSSR count). The maximum atomic E-state index is 11.9. The lowest BCUT2D eigenvalue weighted by Crippen LogP contribution is -2.31. The van der Waals surface area contributed by atoms with Crippen LogP contribution in [0, 0.1) is 6.92 Å². The van der Waals surface area contributed by atoms with E-state index < -0.39 is 0 Å². The van der Waals surface area contributed by atoms with Crippen molar-refractivity contribution in [2.45, 2.75) is 26.5 Å². The molecule has 0 N–H and O–H groups in total. The van der Waals surface area contributed by atoms with Crippen LogP contribution in [0.4, 0.5) is 0 Å². The standard InChI is InChI=1S/C20H25NO3/c1-16-9-11-19(12-10-16)23-15-20(22)24-17(2)13-21(3)14-18-7-5-4-6-8-18/h4-12,17H,13-15H2,1-3H3/t17-/m0/s1. The van der Waals surface area contributed by atoms with E-state index in [1.165, 1.54) is 5.56 Å². The van der Waals surface area contributed by atoms with Crippen LogP contribution in [0.1, 0.15) is 18.1 Å². The molecular formula is C20H25NO3. The summed E-state index contributed by atoms with van der Waals surface area (Å²) in [5.74, 6) is 0.322. The molecule has 0 aliphatic carbocycles. The van der Waals surface area contributed by atoms with Crippen LogP contribution < -0.4 is 4.74 Å². The first-order chi connectivity index (χ1) is 11.5. The normalized spacial score (nSPS) is 12.0. The van der Waals surface area contributed by atoms with E-state index in [1.807, 2.05) is 63.4 Å². The van der Waals surface area contributed by atoms with E-state index >= 15 is 0 Å². The number of aryl methyl sites for hydroxylation is 1. The lowest BCUT2D eigenvalue weighted by molar-refractivity contribution is -0.151. The molecule has 4 heteroatoms. The van der Waals surface area contributed by atoms with Crippen LogP contribution in [0.2, 0.25) is 0 Å². The highest BCUT2D eigenvalue weighted by Crippen LogP contribution is 2.11. The minimum Gasteiger partial charge on any atom is -0.482 e. The van der Waals surface area contributed by atoms with Crippen LogP contribution in [-0.2, 0) is 16.1 Å². The van der Waals surface area contributed by atoms with Gasteiger partial charge in [0.1, 0.15) is 11.9 Å². The molecule has 0 aliphatic heterocycles. The first kappa shape index (κ1) is 18.0. The molecule has 0 aromatic heterocycles. The van der Waals surface area contributed by atoms with Crippen molar-refractivity contribution in [3.63, 3.8) is 0 Å². The lowest BCUT2D eigenvalue weighted by Gasteiger charge is -2.21. The number of carbonyl (C=O) groups excluding carboxylic acids is 1. The third kappa shape index (κ3) is 6.42. The maximum Gasteiger partial charge on any atom is 0.344 e. The van der Waals surface area contributed by atoms with Crippen molar-refractivity contribution in [1.82, 2.24) is 4.90 Å². The molecule has 0 radical (unpaired) electrons. The smallest absolute Gasteiger partial charge is 0.344 e. The van der Waals surface area contributed by atoms with Gasteiger partial charge in [0.15, 0.2) is 6.61 Å². The van der Waals surface area contributed by atoms with Crippen LogP contribution in [0.15, 0.2) is 54.6 Å². The van der Waals surface area contributed by atoms with Crippen molar-refractivity contribution in [2.24, 2.45) is 0 Å². The van der Waals surface area contributed by atoms with Gasteiger partial charge < -0.3 is 9.47 Å². The summed E-state index contributed by atoms with van der Waals surface area (Å²) in [4.78, 5) is 14.0. The Labute approximate surface area is 144 Å². The average Bonchev–Trinajstić information content (AvgIpc) is 2.55. The van der Waals surface area contributed by atoms with E-state index in [4.69, 9.17) is 9.47 Å². The Hall–Kier alpha value is -2.33. The van der Waals surface area contributed by atoms with Gasteiger partial charge in [-0.05, 0) is 38.6 Å². The summed E-state index contributed by atoms with van der Waals surface area (Å²) in [7, 11) is 2.01. The molecule has 0 spiro atoms. The molecule has 0 unspecified atom stereocenters. The molecule has 0 aliphatic rings. The van der Waals surface area contributed by atoms with E-state index in [9.17, 15) is 4.79 Å². The Morgan fingerprint density at radius 3 is 2.42 bits per heavy atom. The number of esters is 1. The Bertz CT molecular complexity index is 625. The SMILES string of the molecule is Cc1ccc(OCC(=O)O[C@@H](C)CN(C)Cc2ccccc2)cc1. The van der Waals surface area contributed by atoms with Crippen molar-refractivity contribution >= 4 is 5.97 Å². The molecule has 2 aromatic rings. The van der Waals surface area contributed by atoms with Gasteiger partial charge in [-0.3, -0.25) is 4.90 Å². The van der Waals surface area contributed by atoms with Gasteiger partial charge in [-0.2, -0.15) is 0 Å². The van der Waals surface area contributed by atoms with Crippen molar-refractivity contribution in [2.75, 3.05) is 20.2 Å². The van der Waals surface area contributed by atoms with E-state index in [0.717, 1.165) is 12.1 Å². The average molecular weight is 327 g/mol. The van der Waals surface area contributed by atoms with Crippen molar-refractivity contribution in [1.29, 1.82) is 0 Å². The molecule has 1 atom stereocenters. The highest BCUT2D eigenvalue weighted by atomic mass is 16.6. The van der Waals surface area contributed by atoms with E-state index in [0.29, 0.717) is 12.3 Å². The number of benzene rings is 2. The summed E-state index contributed by atoms with van der Waals surface area (Å²) in [5.41, 5.74) is 2.39. The van der Waals surface area contributed by atoms with Crippen LogP contribution in [0.5, 0.6) is 5.75 Å². The third-order valence-corrected chi connectivity index (χ3v) is 3.57. The number of nitrogens with zero attached hydrogens (tertiary/aromatic N) is 1. The number of hydrogen-bond donors (Lipinski definition) is 0. The molecule has 2 aromatic carbocycles. The zero-order valence-electron chi connectivity index (χ0n) is 14.6. The molecule has 0 amide bonds. The van der Waals surface area contributed by atoms with Gasteiger partial charge in [0, 0.05) is 13.1 Å². The van der Waals surface area contributed by atoms with Gasteiger partial charge in [0.25, 0.3) is 0 Å². The van der Waals surface area contributed by atoms with Crippen molar-refractivity contribution < 1.29 is 14.3 Å². The molecular weight excluding hydrogens is 302 g/mol.